The first-order chi connectivity index (χ1) is 11.5. The van der Waals surface area contributed by atoms with E-state index in [4.69, 9.17) is 0 Å². The number of benzene rings is 2. The maximum Gasteiger partial charge on any atom is 0.326 e. The molecule has 0 saturated heterocycles. The highest BCUT2D eigenvalue weighted by Crippen LogP contribution is 2.10. The Bertz CT molecular complexity index is 751. The lowest BCUT2D eigenvalue weighted by Gasteiger charge is -2.14. The molecule has 1 amide bonds. The molecule has 24 heavy (non-hydrogen) atoms. The molecule has 0 radical (unpaired) electrons. The van der Waals surface area contributed by atoms with Crippen LogP contribution in [-0.2, 0) is 15.6 Å². The van der Waals surface area contributed by atoms with Crippen molar-refractivity contribution < 1.29 is 23.3 Å². The van der Waals surface area contributed by atoms with Crippen molar-refractivity contribution in [2.24, 2.45) is 0 Å². The van der Waals surface area contributed by atoms with Gasteiger partial charge in [-0.3, -0.25) is 9.00 Å². The molecule has 5 nitrogen and oxygen atoms in total. The Labute approximate surface area is 141 Å². The summed E-state index contributed by atoms with van der Waals surface area (Å²) in [6, 6.07) is 12.7. The second-order valence-corrected chi connectivity index (χ2v) is 6.57. The zero-order valence-corrected chi connectivity index (χ0v) is 13.5. The van der Waals surface area contributed by atoms with Crippen LogP contribution in [0.5, 0.6) is 0 Å². The summed E-state index contributed by atoms with van der Waals surface area (Å²) in [5, 5.41) is 11.5. The minimum absolute atomic E-state index is 0.0307. The van der Waals surface area contributed by atoms with Crippen molar-refractivity contribution in [1.82, 2.24) is 5.32 Å². The Morgan fingerprint density at radius 1 is 1.08 bits per heavy atom. The van der Waals surface area contributed by atoms with Crippen LogP contribution in [0.4, 0.5) is 4.39 Å². The Morgan fingerprint density at radius 2 is 1.71 bits per heavy atom. The monoisotopic (exact) mass is 349 g/mol. The number of halogens is 1. The van der Waals surface area contributed by atoms with E-state index < -0.39 is 34.5 Å². The molecule has 126 valence electrons. The standard InChI is InChI=1S/C17H16FNO4S/c18-14-9-5-4-8-13(14)16(20)19-15(17(21)22)10-11-24(23)12-6-2-1-3-7-12/h1-9,15H,10-11H2,(H,19,20)(H,21,22)/t15-,24+/m1/s1. The average molecular weight is 349 g/mol. The maximum absolute atomic E-state index is 13.6. The zero-order chi connectivity index (χ0) is 17.5. The van der Waals surface area contributed by atoms with Crippen LogP contribution in [0.2, 0.25) is 0 Å². The van der Waals surface area contributed by atoms with E-state index in [2.05, 4.69) is 5.32 Å². The molecule has 7 heteroatoms. The van der Waals surface area contributed by atoms with Gasteiger partial charge in [-0.25, -0.2) is 9.18 Å². The molecule has 2 N–H and O–H groups in total. The SMILES string of the molecule is O=C(N[C@H](CC[S@](=O)c1ccccc1)C(=O)O)c1ccccc1F. The molecular weight excluding hydrogens is 333 g/mol. The Hall–Kier alpha value is -2.54. The van der Waals surface area contributed by atoms with E-state index in [1.807, 2.05) is 0 Å². The lowest BCUT2D eigenvalue weighted by atomic mass is 10.1. The zero-order valence-electron chi connectivity index (χ0n) is 12.6. The van der Waals surface area contributed by atoms with E-state index in [9.17, 15) is 23.3 Å². The fraction of sp³-hybridized carbons (Fsp3) is 0.176. The summed E-state index contributed by atoms with van der Waals surface area (Å²) in [5.41, 5.74) is -0.229. The second-order valence-electron chi connectivity index (χ2n) is 5.00. The van der Waals surface area contributed by atoms with Crippen molar-refractivity contribution in [2.75, 3.05) is 5.75 Å². The van der Waals surface area contributed by atoms with E-state index in [1.54, 1.807) is 30.3 Å². The summed E-state index contributed by atoms with van der Waals surface area (Å²) in [4.78, 5) is 23.9. The molecule has 0 spiro atoms. The molecule has 0 heterocycles. The summed E-state index contributed by atoms with van der Waals surface area (Å²) in [5.74, 6) is -2.74. The van der Waals surface area contributed by atoms with Crippen LogP contribution in [0.25, 0.3) is 0 Å². The van der Waals surface area contributed by atoms with Gasteiger partial charge < -0.3 is 10.4 Å². The lowest BCUT2D eigenvalue weighted by Crippen LogP contribution is -2.41. The van der Waals surface area contributed by atoms with Crippen LogP contribution in [-0.4, -0.2) is 33.0 Å². The number of amides is 1. The van der Waals surface area contributed by atoms with Gasteiger partial charge in [0.1, 0.15) is 11.9 Å². The van der Waals surface area contributed by atoms with Gasteiger partial charge in [-0.05, 0) is 30.7 Å². The molecule has 0 bridgehead atoms. The van der Waals surface area contributed by atoms with Gasteiger partial charge in [-0.15, -0.1) is 0 Å². The van der Waals surface area contributed by atoms with Crippen LogP contribution in [0, 0.1) is 5.82 Å². The fourth-order valence-corrected chi connectivity index (χ4v) is 3.20. The van der Waals surface area contributed by atoms with Gasteiger partial charge in [0.05, 0.1) is 16.4 Å². The third-order valence-electron chi connectivity index (χ3n) is 3.32. The highest BCUT2D eigenvalue weighted by Gasteiger charge is 2.23. The van der Waals surface area contributed by atoms with Crippen LogP contribution in [0.15, 0.2) is 59.5 Å². The number of nitrogens with one attached hydrogen (secondary N) is 1. The Balaban J connectivity index is 2.00. The maximum atomic E-state index is 13.6. The molecule has 0 fully saturated rings. The molecule has 0 aliphatic carbocycles. The highest BCUT2D eigenvalue weighted by atomic mass is 32.2. The Morgan fingerprint density at radius 3 is 2.33 bits per heavy atom. The summed E-state index contributed by atoms with van der Waals surface area (Å²) in [7, 11) is -1.37. The van der Waals surface area contributed by atoms with Crippen molar-refractivity contribution >= 4 is 22.7 Å². The fourth-order valence-electron chi connectivity index (χ4n) is 2.05. The molecule has 0 saturated carbocycles. The molecule has 0 unspecified atom stereocenters. The molecule has 2 aromatic carbocycles. The Kier molecular flexibility index (Phi) is 6.20. The molecule has 2 atom stereocenters. The number of hydrogen-bond donors (Lipinski definition) is 2. The first-order valence-corrected chi connectivity index (χ1v) is 8.52. The van der Waals surface area contributed by atoms with Gasteiger partial charge in [-0.1, -0.05) is 30.3 Å². The molecule has 2 aromatic rings. The van der Waals surface area contributed by atoms with Crippen molar-refractivity contribution in [3.8, 4) is 0 Å². The van der Waals surface area contributed by atoms with Crippen molar-refractivity contribution in [1.29, 1.82) is 0 Å². The van der Waals surface area contributed by atoms with Gasteiger partial charge >= 0.3 is 5.97 Å². The van der Waals surface area contributed by atoms with Crippen molar-refractivity contribution in [3.63, 3.8) is 0 Å². The van der Waals surface area contributed by atoms with E-state index in [0.29, 0.717) is 4.90 Å². The smallest absolute Gasteiger partial charge is 0.326 e. The van der Waals surface area contributed by atoms with Crippen LogP contribution < -0.4 is 5.32 Å². The van der Waals surface area contributed by atoms with Crippen LogP contribution in [0.3, 0.4) is 0 Å². The van der Waals surface area contributed by atoms with Gasteiger partial charge in [0, 0.05) is 10.6 Å². The number of carboxylic acids is 1. The quantitative estimate of drug-likeness (QED) is 0.803. The topological polar surface area (TPSA) is 83.5 Å². The molecule has 0 aliphatic heterocycles. The minimum atomic E-state index is -1.37. The van der Waals surface area contributed by atoms with Gasteiger partial charge in [0.2, 0.25) is 0 Å². The van der Waals surface area contributed by atoms with Gasteiger partial charge in [-0.2, -0.15) is 0 Å². The van der Waals surface area contributed by atoms with E-state index >= 15 is 0 Å². The highest BCUT2D eigenvalue weighted by molar-refractivity contribution is 7.85. The largest absolute Gasteiger partial charge is 0.480 e. The van der Waals surface area contributed by atoms with Crippen molar-refractivity contribution in [2.45, 2.75) is 17.4 Å². The predicted octanol–water partition coefficient (Wildman–Crippen LogP) is 2.21. The summed E-state index contributed by atoms with van der Waals surface area (Å²) < 4.78 is 25.7. The summed E-state index contributed by atoms with van der Waals surface area (Å²) >= 11 is 0. The minimum Gasteiger partial charge on any atom is -0.480 e. The first-order valence-electron chi connectivity index (χ1n) is 7.20. The van der Waals surface area contributed by atoms with Crippen LogP contribution in [0.1, 0.15) is 16.8 Å². The molecule has 0 aromatic heterocycles. The number of hydrogen-bond acceptors (Lipinski definition) is 3. The summed E-state index contributed by atoms with van der Waals surface area (Å²) in [6.45, 7) is 0. The number of aliphatic carboxylic acids is 1. The molecule has 2 rings (SSSR count). The number of rotatable bonds is 7. The third-order valence-corrected chi connectivity index (χ3v) is 4.72. The van der Waals surface area contributed by atoms with Crippen molar-refractivity contribution in [3.05, 3.63) is 66.0 Å². The number of carbonyl (C=O) groups excluding carboxylic acids is 1. The predicted molar refractivity (Wildman–Crippen MR) is 87.6 cm³/mol. The number of carbonyl (C=O) groups is 2. The van der Waals surface area contributed by atoms with E-state index in [-0.39, 0.29) is 17.7 Å². The number of carboxylic acid groups (broad SMARTS) is 1. The third kappa shape index (κ3) is 4.73. The summed E-state index contributed by atoms with van der Waals surface area (Å²) in [6.07, 6.45) is -0.0307. The second kappa shape index (κ2) is 8.35. The average Bonchev–Trinajstić information content (AvgIpc) is 2.59. The lowest BCUT2D eigenvalue weighted by molar-refractivity contribution is -0.139. The van der Waals surface area contributed by atoms with Gasteiger partial charge in [0.15, 0.2) is 0 Å². The van der Waals surface area contributed by atoms with Gasteiger partial charge in [0.25, 0.3) is 5.91 Å². The van der Waals surface area contributed by atoms with E-state index in [1.165, 1.54) is 18.2 Å². The van der Waals surface area contributed by atoms with Crippen LogP contribution >= 0.6 is 0 Å². The van der Waals surface area contributed by atoms with E-state index in [0.717, 1.165) is 6.07 Å². The molecular formula is C17H16FNO4S. The normalized spacial score (nSPS) is 13.0. The molecule has 0 aliphatic rings. The first kappa shape index (κ1) is 17.8.